The lowest BCUT2D eigenvalue weighted by Gasteiger charge is -2.37. The van der Waals surface area contributed by atoms with E-state index in [1.807, 2.05) is 30.9 Å². The Morgan fingerprint density at radius 1 is 1.16 bits per heavy atom. The zero-order valence-electron chi connectivity index (χ0n) is 22.6. The predicted octanol–water partition coefficient (Wildman–Crippen LogP) is 3.46. The first-order chi connectivity index (χ1) is 17.7. The number of ether oxygens (including phenoxy) is 3. The van der Waals surface area contributed by atoms with E-state index in [0.717, 1.165) is 36.1 Å². The molecule has 0 aliphatic carbocycles. The zero-order valence-corrected chi connectivity index (χ0v) is 22.6. The minimum absolute atomic E-state index is 0.102. The topological polar surface area (TPSA) is 97.8 Å². The standard InChI is InChI=1S/C28H42N2O7/c1-5-10-30(37-11-6-2)24(31)18-29-17-21(19-7-8-23-20(15-19)9-12-34-23)25(26(32)33)22(29)16-28(3,4)27-35-13-14-36-27/h7-8,15,21-22,25,27H,5-6,9-14,16-18H2,1-4H3,(H,32,33)/t21-,22+,25-/m1/s1. The van der Waals surface area contributed by atoms with Gasteiger partial charge in [-0.1, -0.05) is 39.8 Å². The molecule has 2 fully saturated rings. The minimum atomic E-state index is -0.849. The van der Waals surface area contributed by atoms with Crippen molar-refractivity contribution >= 4 is 11.9 Å². The maximum absolute atomic E-state index is 13.4. The molecule has 206 valence electrons. The van der Waals surface area contributed by atoms with E-state index in [9.17, 15) is 14.7 Å². The molecule has 0 aromatic heterocycles. The van der Waals surface area contributed by atoms with E-state index in [4.69, 9.17) is 19.0 Å². The van der Waals surface area contributed by atoms with E-state index in [1.165, 1.54) is 5.06 Å². The van der Waals surface area contributed by atoms with Crippen LogP contribution in [0.15, 0.2) is 18.2 Å². The summed E-state index contributed by atoms with van der Waals surface area (Å²) in [5, 5.41) is 11.9. The molecule has 37 heavy (non-hydrogen) atoms. The average molecular weight is 519 g/mol. The van der Waals surface area contributed by atoms with Crippen molar-refractivity contribution in [2.24, 2.45) is 11.3 Å². The average Bonchev–Trinajstić information content (AvgIpc) is 3.61. The van der Waals surface area contributed by atoms with Crippen LogP contribution in [0, 0.1) is 11.3 Å². The van der Waals surface area contributed by atoms with Gasteiger partial charge in [-0.2, -0.15) is 0 Å². The van der Waals surface area contributed by atoms with E-state index >= 15 is 0 Å². The second-order valence-corrected chi connectivity index (χ2v) is 11.0. The summed E-state index contributed by atoms with van der Waals surface area (Å²) in [5.41, 5.74) is 1.66. The third kappa shape index (κ3) is 6.28. The molecule has 9 heteroatoms. The first-order valence-corrected chi connectivity index (χ1v) is 13.6. The van der Waals surface area contributed by atoms with E-state index in [1.54, 1.807) is 0 Å². The van der Waals surface area contributed by atoms with Gasteiger partial charge in [0, 0.05) is 36.9 Å². The van der Waals surface area contributed by atoms with E-state index < -0.39 is 23.6 Å². The van der Waals surface area contributed by atoms with Crippen molar-refractivity contribution in [1.82, 2.24) is 9.96 Å². The molecule has 0 saturated carbocycles. The molecule has 0 bridgehead atoms. The van der Waals surface area contributed by atoms with Gasteiger partial charge in [0.15, 0.2) is 6.29 Å². The predicted molar refractivity (Wildman–Crippen MR) is 137 cm³/mol. The van der Waals surface area contributed by atoms with Gasteiger partial charge in [0.05, 0.1) is 38.9 Å². The number of likely N-dealkylation sites (tertiary alicyclic amines) is 1. The lowest BCUT2D eigenvalue weighted by Crippen LogP contribution is -2.47. The Balaban J connectivity index is 1.63. The van der Waals surface area contributed by atoms with Crippen molar-refractivity contribution < 1.29 is 33.7 Å². The smallest absolute Gasteiger partial charge is 0.308 e. The fourth-order valence-corrected chi connectivity index (χ4v) is 5.88. The number of carbonyl (C=O) groups excluding carboxylic acids is 1. The Hall–Kier alpha value is -2.20. The second kappa shape index (κ2) is 12.1. The van der Waals surface area contributed by atoms with Crippen LogP contribution < -0.4 is 4.74 Å². The molecule has 9 nitrogen and oxygen atoms in total. The van der Waals surface area contributed by atoms with Crippen LogP contribution in [-0.2, 0) is 30.3 Å². The summed E-state index contributed by atoms with van der Waals surface area (Å²) in [6, 6.07) is 5.65. The highest BCUT2D eigenvalue weighted by atomic mass is 16.7. The molecule has 3 heterocycles. The highest BCUT2D eigenvalue weighted by Gasteiger charge is 2.50. The van der Waals surface area contributed by atoms with Gasteiger partial charge in [-0.05, 0) is 36.5 Å². The summed E-state index contributed by atoms with van der Waals surface area (Å²) < 4.78 is 17.3. The molecule has 0 unspecified atom stereocenters. The number of benzene rings is 1. The van der Waals surface area contributed by atoms with Crippen molar-refractivity contribution in [3.8, 4) is 5.75 Å². The van der Waals surface area contributed by atoms with Crippen LogP contribution in [0.1, 0.15) is 64.0 Å². The van der Waals surface area contributed by atoms with Gasteiger partial charge in [0.25, 0.3) is 5.91 Å². The number of amides is 1. The second-order valence-electron chi connectivity index (χ2n) is 11.0. The van der Waals surface area contributed by atoms with Crippen LogP contribution >= 0.6 is 0 Å². The molecule has 1 amide bonds. The number of hydroxylamine groups is 2. The van der Waals surface area contributed by atoms with Crippen LogP contribution in [0.3, 0.4) is 0 Å². The first kappa shape index (κ1) is 27.8. The number of carbonyl (C=O) groups is 2. The summed E-state index contributed by atoms with van der Waals surface area (Å²) in [6.07, 6.45) is 2.53. The van der Waals surface area contributed by atoms with Gasteiger partial charge in [0.2, 0.25) is 0 Å². The number of carboxylic acid groups (broad SMARTS) is 1. The van der Waals surface area contributed by atoms with E-state index in [2.05, 4.69) is 19.9 Å². The monoisotopic (exact) mass is 518 g/mol. The van der Waals surface area contributed by atoms with Crippen molar-refractivity contribution in [2.75, 3.05) is 46.1 Å². The number of hydrogen-bond acceptors (Lipinski definition) is 7. The van der Waals surface area contributed by atoms with Gasteiger partial charge in [-0.15, -0.1) is 0 Å². The lowest BCUT2D eigenvalue weighted by atomic mass is 9.77. The summed E-state index contributed by atoms with van der Waals surface area (Å²) >= 11 is 0. The largest absolute Gasteiger partial charge is 0.493 e. The molecule has 0 spiro atoms. The molecular weight excluding hydrogens is 476 g/mol. The molecule has 2 saturated heterocycles. The van der Waals surface area contributed by atoms with Crippen LogP contribution in [0.4, 0.5) is 0 Å². The van der Waals surface area contributed by atoms with Gasteiger partial charge in [-0.3, -0.25) is 19.3 Å². The quantitative estimate of drug-likeness (QED) is 0.420. The summed E-state index contributed by atoms with van der Waals surface area (Å²) in [7, 11) is 0. The highest BCUT2D eigenvalue weighted by molar-refractivity contribution is 5.78. The fourth-order valence-electron chi connectivity index (χ4n) is 5.88. The van der Waals surface area contributed by atoms with Crippen molar-refractivity contribution in [2.45, 2.75) is 71.6 Å². The molecule has 3 atom stereocenters. The maximum atomic E-state index is 13.4. The zero-order chi connectivity index (χ0) is 26.6. The van der Waals surface area contributed by atoms with Crippen LogP contribution in [0.5, 0.6) is 5.75 Å². The first-order valence-electron chi connectivity index (χ1n) is 13.6. The third-order valence-electron chi connectivity index (χ3n) is 7.66. The minimum Gasteiger partial charge on any atom is -0.493 e. The molecular formula is C28H42N2O7. The molecule has 4 rings (SSSR count). The SMILES string of the molecule is CCCON(CCC)C(=O)CN1C[C@H](c2ccc3c(c2)CCO3)[C@@H](C(=O)O)[C@@H]1CC(C)(C)C1OCCO1. The Labute approximate surface area is 219 Å². The van der Waals surface area contributed by atoms with E-state index in [-0.39, 0.29) is 24.4 Å². The molecule has 3 aliphatic rings. The third-order valence-corrected chi connectivity index (χ3v) is 7.66. The van der Waals surface area contributed by atoms with Crippen molar-refractivity contribution in [3.63, 3.8) is 0 Å². The van der Waals surface area contributed by atoms with Crippen LogP contribution in [-0.4, -0.2) is 85.3 Å². The Bertz CT molecular complexity index is 946. The van der Waals surface area contributed by atoms with Gasteiger partial charge in [-0.25, -0.2) is 5.06 Å². The number of rotatable bonds is 12. The van der Waals surface area contributed by atoms with Gasteiger partial charge >= 0.3 is 5.97 Å². The Morgan fingerprint density at radius 3 is 2.59 bits per heavy atom. The Morgan fingerprint density at radius 2 is 1.92 bits per heavy atom. The van der Waals surface area contributed by atoms with Crippen LogP contribution in [0.25, 0.3) is 0 Å². The Kier molecular flexibility index (Phi) is 9.11. The highest BCUT2D eigenvalue weighted by Crippen LogP contribution is 2.45. The summed E-state index contributed by atoms with van der Waals surface area (Å²) in [4.78, 5) is 34.0. The van der Waals surface area contributed by atoms with Gasteiger partial charge < -0.3 is 19.3 Å². The lowest BCUT2D eigenvalue weighted by molar-refractivity contribution is -0.188. The van der Waals surface area contributed by atoms with E-state index in [0.29, 0.717) is 45.9 Å². The van der Waals surface area contributed by atoms with Gasteiger partial charge in [0.1, 0.15) is 5.75 Å². The number of hydrogen-bond donors (Lipinski definition) is 1. The molecule has 1 aromatic carbocycles. The molecule has 1 aromatic rings. The number of fused-ring (bicyclic) bond motifs is 1. The summed E-state index contributed by atoms with van der Waals surface area (Å²) in [5.74, 6) is -1.04. The number of nitrogens with zero attached hydrogens (tertiary/aromatic N) is 2. The van der Waals surface area contributed by atoms with Crippen molar-refractivity contribution in [1.29, 1.82) is 0 Å². The summed E-state index contributed by atoms with van der Waals surface area (Å²) in [6.45, 7) is 11.4. The number of aliphatic carboxylic acids is 1. The molecule has 1 N–H and O–H groups in total. The molecule has 0 radical (unpaired) electrons. The number of carboxylic acids is 1. The molecule has 3 aliphatic heterocycles. The normalized spacial score (nSPS) is 24.3. The van der Waals surface area contributed by atoms with Crippen LogP contribution in [0.2, 0.25) is 0 Å². The maximum Gasteiger partial charge on any atom is 0.308 e. The fraction of sp³-hybridized carbons (Fsp3) is 0.714. The van der Waals surface area contributed by atoms with Crippen molar-refractivity contribution in [3.05, 3.63) is 29.3 Å².